The second-order valence-corrected chi connectivity index (χ2v) is 3.86. The van der Waals surface area contributed by atoms with Crippen LogP contribution in [0.1, 0.15) is 20.8 Å². The standard InChI is InChI=1S/C9H20N2O/c1-7(2)11-4-5-12-9(6-11)8(3)10/h7-9H,4-6,10H2,1-3H3/t8-,9?/m1/s1. The van der Waals surface area contributed by atoms with Gasteiger partial charge in [-0.25, -0.2) is 0 Å². The van der Waals surface area contributed by atoms with Crippen LogP contribution in [-0.4, -0.2) is 42.8 Å². The lowest BCUT2D eigenvalue weighted by Gasteiger charge is -2.36. The third kappa shape index (κ3) is 2.44. The average molecular weight is 172 g/mol. The maximum atomic E-state index is 5.78. The van der Waals surface area contributed by atoms with Crippen molar-refractivity contribution in [2.24, 2.45) is 5.73 Å². The summed E-state index contributed by atoms with van der Waals surface area (Å²) in [4.78, 5) is 2.41. The zero-order chi connectivity index (χ0) is 9.14. The Hall–Kier alpha value is -0.120. The molecule has 2 atom stereocenters. The molecule has 0 radical (unpaired) electrons. The van der Waals surface area contributed by atoms with Crippen LogP contribution in [0.25, 0.3) is 0 Å². The van der Waals surface area contributed by atoms with E-state index in [1.165, 1.54) is 0 Å². The molecule has 0 aromatic rings. The van der Waals surface area contributed by atoms with E-state index >= 15 is 0 Å². The number of ether oxygens (including phenoxy) is 1. The summed E-state index contributed by atoms with van der Waals surface area (Å²) < 4.78 is 5.55. The number of rotatable bonds is 2. The van der Waals surface area contributed by atoms with E-state index < -0.39 is 0 Å². The molecule has 1 saturated heterocycles. The molecule has 1 fully saturated rings. The van der Waals surface area contributed by atoms with Crippen LogP contribution < -0.4 is 5.73 Å². The van der Waals surface area contributed by atoms with Crippen molar-refractivity contribution in [3.8, 4) is 0 Å². The van der Waals surface area contributed by atoms with Gasteiger partial charge in [-0.2, -0.15) is 0 Å². The predicted molar refractivity (Wildman–Crippen MR) is 50.1 cm³/mol. The van der Waals surface area contributed by atoms with E-state index in [9.17, 15) is 0 Å². The van der Waals surface area contributed by atoms with Crippen LogP contribution in [0.5, 0.6) is 0 Å². The lowest BCUT2D eigenvalue weighted by molar-refractivity contribution is -0.0470. The molecule has 3 heteroatoms. The molecule has 3 nitrogen and oxygen atoms in total. The quantitative estimate of drug-likeness (QED) is 0.657. The molecule has 2 N–H and O–H groups in total. The molecule has 0 aromatic carbocycles. The fourth-order valence-corrected chi connectivity index (χ4v) is 1.48. The first-order valence-electron chi connectivity index (χ1n) is 4.72. The van der Waals surface area contributed by atoms with E-state index in [2.05, 4.69) is 18.7 Å². The number of hydrogen-bond donors (Lipinski definition) is 1. The van der Waals surface area contributed by atoms with Crippen LogP contribution in [-0.2, 0) is 4.74 Å². The Labute approximate surface area is 74.9 Å². The van der Waals surface area contributed by atoms with Gasteiger partial charge >= 0.3 is 0 Å². The third-order valence-electron chi connectivity index (χ3n) is 2.44. The van der Waals surface area contributed by atoms with Gasteiger partial charge in [0.1, 0.15) is 0 Å². The highest BCUT2D eigenvalue weighted by atomic mass is 16.5. The van der Waals surface area contributed by atoms with E-state index in [4.69, 9.17) is 10.5 Å². The van der Waals surface area contributed by atoms with E-state index in [0.717, 1.165) is 19.7 Å². The van der Waals surface area contributed by atoms with Crippen molar-refractivity contribution in [1.29, 1.82) is 0 Å². The molecule has 0 bridgehead atoms. The van der Waals surface area contributed by atoms with Gasteiger partial charge in [0.2, 0.25) is 0 Å². The van der Waals surface area contributed by atoms with Crippen molar-refractivity contribution in [3.63, 3.8) is 0 Å². The smallest absolute Gasteiger partial charge is 0.0850 e. The molecule has 0 saturated carbocycles. The first kappa shape index (κ1) is 9.96. The largest absolute Gasteiger partial charge is 0.374 e. The fourth-order valence-electron chi connectivity index (χ4n) is 1.48. The highest BCUT2D eigenvalue weighted by Crippen LogP contribution is 2.10. The van der Waals surface area contributed by atoms with Crippen molar-refractivity contribution in [3.05, 3.63) is 0 Å². The topological polar surface area (TPSA) is 38.5 Å². The maximum Gasteiger partial charge on any atom is 0.0850 e. The lowest BCUT2D eigenvalue weighted by atomic mass is 10.1. The molecule has 1 heterocycles. The Kier molecular flexibility index (Phi) is 3.50. The molecule has 1 aliphatic heterocycles. The third-order valence-corrected chi connectivity index (χ3v) is 2.44. The number of nitrogens with two attached hydrogens (primary N) is 1. The second kappa shape index (κ2) is 4.21. The molecule has 0 amide bonds. The number of hydrogen-bond acceptors (Lipinski definition) is 3. The van der Waals surface area contributed by atoms with Gasteiger partial charge in [0.05, 0.1) is 12.7 Å². The lowest BCUT2D eigenvalue weighted by Crippen LogP contribution is -2.51. The molecule has 12 heavy (non-hydrogen) atoms. The molecule has 1 unspecified atom stereocenters. The minimum atomic E-state index is 0.145. The van der Waals surface area contributed by atoms with Crippen molar-refractivity contribution in [2.45, 2.75) is 39.0 Å². The summed E-state index contributed by atoms with van der Waals surface area (Å²) in [5, 5.41) is 0. The van der Waals surface area contributed by atoms with Crippen molar-refractivity contribution in [1.82, 2.24) is 4.90 Å². The monoisotopic (exact) mass is 172 g/mol. The zero-order valence-corrected chi connectivity index (χ0v) is 8.29. The molecular formula is C9H20N2O. The molecule has 1 rings (SSSR count). The summed E-state index contributed by atoms with van der Waals surface area (Å²) in [6.07, 6.45) is 0.223. The van der Waals surface area contributed by atoms with Gasteiger partial charge in [-0.3, -0.25) is 4.90 Å². The van der Waals surface area contributed by atoms with Gasteiger partial charge in [-0.05, 0) is 20.8 Å². The summed E-state index contributed by atoms with van der Waals surface area (Å²) in [6, 6.07) is 0.752. The predicted octanol–water partition coefficient (Wildman–Crippen LogP) is 0.443. The summed E-state index contributed by atoms with van der Waals surface area (Å²) in [7, 11) is 0. The van der Waals surface area contributed by atoms with Gasteiger partial charge in [-0.1, -0.05) is 0 Å². The minimum Gasteiger partial charge on any atom is -0.374 e. The van der Waals surface area contributed by atoms with Crippen LogP contribution in [0.4, 0.5) is 0 Å². The molecule has 72 valence electrons. The first-order chi connectivity index (χ1) is 5.61. The molecule has 0 aliphatic carbocycles. The zero-order valence-electron chi connectivity index (χ0n) is 8.29. The SMILES string of the molecule is CC(C)N1CCOC([C@@H](C)N)C1. The summed E-state index contributed by atoms with van der Waals surface area (Å²) in [5.41, 5.74) is 5.78. The Morgan fingerprint density at radius 1 is 1.42 bits per heavy atom. The number of morpholine rings is 1. The van der Waals surface area contributed by atoms with Crippen molar-refractivity contribution in [2.75, 3.05) is 19.7 Å². The summed E-state index contributed by atoms with van der Waals surface area (Å²) in [5.74, 6) is 0. The van der Waals surface area contributed by atoms with Crippen molar-refractivity contribution < 1.29 is 4.74 Å². The van der Waals surface area contributed by atoms with Crippen LogP contribution in [0, 0.1) is 0 Å². The highest BCUT2D eigenvalue weighted by Gasteiger charge is 2.24. The van der Waals surface area contributed by atoms with E-state index in [1.807, 2.05) is 6.92 Å². The highest BCUT2D eigenvalue weighted by molar-refractivity contribution is 4.79. The minimum absolute atomic E-state index is 0.145. The maximum absolute atomic E-state index is 5.78. The Bertz CT molecular complexity index is 122. The summed E-state index contributed by atoms with van der Waals surface area (Å²) >= 11 is 0. The van der Waals surface area contributed by atoms with Gasteiger partial charge in [-0.15, -0.1) is 0 Å². The van der Waals surface area contributed by atoms with Gasteiger partial charge in [0.15, 0.2) is 0 Å². The summed E-state index contributed by atoms with van der Waals surface area (Å²) in [6.45, 7) is 9.28. The van der Waals surface area contributed by atoms with Gasteiger partial charge in [0.25, 0.3) is 0 Å². The molecular weight excluding hydrogens is 152 g/mol. The van der Waals surface area contributed by atoms with Crippen LogP contribution in [0.15, 0.2) is 0 Å². The fraction of sp³-hybridized carbons (Fsp3) is 1.00. The first-order valence-corrected chi connectivity index (χ1v) is 4.72. The second-order valence-electron chi connectivity index (χ2n) is 3.86. The van der Waals surface area contributed by atoms with Crippen LogP contribution >= 0.6 is 0 Å². The van der Waals surface area contributed by atoms with E-state index in [0.29, 0.717) is 6.04 Å². The Balaban J connectivity index is 2.40. The Morgan fingerprint density at radius 3 is 2.58 bits per heavy atom. The van der Waals surface area contributed by atoms with Crippen LogP contribution in [0.2, 0.25) is 0 Å². The van der Waals surface area contributed by atoms with E-state index in [1.54, 1.807) is 0 Å². The number of nitrogens with zero attached hydrogens (tertiary/aromatic N) is 1. The molecule has 1 aliphatic rings. The molecule has 0 aromatic heterocycles. The van der Waals surface area contributed by atoms with Gasteiger partial charge in [0, 0.05) is 25.2 Å². The van der Waals surface area contributed by atoms with E-state index in [-0.39, 0.29) is 12.1 Å². The Morgan fingerprint density at radius 2 is 2.08 bits per heavy atom. The van der Waals surface area contributed by atoms with Crippen LogP contribution in [0.3, 0.4) is 0 Å². The molecule has 0 spiro atoms. The average Bonchev–Trinajstić information content (AvgIpc) is 2.04. The van der Waals surface area contributed by atoms with Crippen molar-refractivity contribution >= 4 is 0 Å². The van der Waals surface area contributed by atoms with Gasteiger partial charge < -0.3 is 10.5 Å². The normalized spacial score (nSPS) is 29.2.